The van der Waals surface area contributed by atoms with Crippen molar-refractivity contribution in [2.45, 2.75) is 40.7 Å². The van der Waals surface area contributed by atoms with Gasteiger partial charge in [-0.1, -0.05) is 27.7 Å². The maximum absolute atomic E-state index is 11.4. The summed E-state index contributed by atoms with van der Waals surface area (Å²) in [6, 6.07) is -0.482. The first-order valence-corrected chi connectivity index (χ1v) is 5.31. The standard InChI is InChI=1S/C11H21NO3/c1-7(2)6-15-11(14)12-9(5)10(13)8(3)4/h7-9H,6H2,1-5H3,(H,12,14)/t9-/m0/s1. The molecule has 0 aromatic carbocycles. The molecular formula is C11H21NO3. The Balaban J connectivity index is 3.91. The number of amides is 1. The van der Waals surface area contributed by atoms with E-state index in [1.165, 1.54) is 0 Å². The molecule has 88 valence electrons. The van der Waals surface area contributed by atoms with Crippen LogP contribution in [0.4, 0.5) is 4.79 Å². The van der Waals surface area contributed by atoms with Crippen LogP contribution in [0, 0.1) is 11.8 Å². The molecule has 0 rings (SSSR count). The third kappa shape index (κ3) is 6.10. The Morgan fingerprint density at radius 2 is 1.67 bits per heavy atom. The molecule has 0 aliphatic rings. The van der Waals surface area contributed by atoms with Crippen molar-refractivity contribution in [1.29, 1.82) is 0 Å². The first-order valence-electron chi connectivity index (χ1n) is 5.31. The minimum Gasteiger partial charge on any atom is -0.449 e. The molecule has 0 unspecified atom stereocenters. The molecule has 0 aliphatic heterocycles. The first kappa shape index (κ1) is 13.9. The Hall–Kier alpha value is -1.06. The van der Waals surface area contributed by atoms with Crippen LogP contribution in [0.25, 0.3) is 0 Å². The Bertz CT molecular complexity index is 224. The summed E-state index contributed by atoms with van der Waals surface area (Å²) in [5, 5.41) is 2.51. The van der Waals surface area contributed by atoms with E-state index in [1.54, 1.807) is 20.8 Å². The van der Waals surface area contributed by atoms with Gasteiger partial charge in [0, 0.05) is 5.92 Å². The lowest BCUT2D eigenvalue weighted by atomic mass is 10.0. The molecular weight excluding hydrogens is 194 g/mol. The lowest BCUT2D eigenvalue weighted by Crippen LogP contribution is -2.41. The molecule has 0 spiro atoms. The zero-order chi connectivity index (χ0) is 12.0. The van der Waals surface area contributed by atoms with Gasteiger partial charge in [-0.15, -0.1) is 0 Å². The van der Waals surface area contributed by atoms with Crippen molar-refractivity contribution in [2.75, 3.05) is 6.61 Å². The summed E-state index contributed by atoms with van der Waals surface area (Å²) < 4.78 is 4.90. The highest BCUT2D eigenvalue weighted by Crippen LogP contribution is 2.00. The van der Waals surface area contributed by atoms with Gasteiger partial charge in [0.15, 0.2) is 5.78 Å². The van der Waals surface area contributed by atoms with Crippen LogP contribution >= 0.6 is 0 Å². The van der Waals surface area contributed by atoms with Crippen LogP contribution in [0.15, 0.2) is 0 Å². The predicted octanol–water partition coefficient (Wildman–Crippen LogP) is 1.98. The second-order valence-electron chi connectivity index (χ2n) is 4.42. The van der Waals surface area contributed by atoms with E-state index < -0.39 is 12.1 Å². The van der Waals surface area contributed by atoms with Gasteiger partial charge in [0.05, 0.1) is 12.6 Å². The quantitative estimate of drug-likeness (QED) is 0.763. The van der Waals surface area contributed by atoms with Crippen molar-refractivity contribution in [3.05, 3.63) is 0 Å². The SMILES string of the molecule is CC(C)COC(=O)N[C@@H](C)C(=O)C(C)C. The first-order chi connectivity index (χ1) is 6.84. The number of ether oxygens (including phenoxy) is 1. The van der Waals surface area contributed by atoms with Gasteiger partial charge in [-0.05, 0) is 12.8 Å². The van der Waals surface area contributed by atoms with Gasteiger partial charge >= 0.3 is 6.09 Å². The van der Waals surface area contributed by atoms with E-state index in [0.717, 1.165) is 0 Å². The molecule has 4 heteroatoms. The van der Waals surface area contributed by atoms with E-state index in [4.69, 9.17) is 4.74 Å². The Morgan fingerprint density at radius 1 is 1.13 bits per heavy atom. The van der Waals surface area contributed by atoms with Crippen molar-refractivity contribution in [3.63, 3.8) is 0 Å². The van der Waals surface area contributed by atoms with Crippen LogP contribution in [0.2, 0.25) is 0 Å². The fraction of sp³-hybridized carbons (Fsp3) is 0.818. The van der Waals surface area contributed by atoms with Gasteiger partial charge in [-0.2, -0.15) is 0 Å². The molecule has 0 radical (unpaired) electrons. The molecule has 15 heavy (non-hydrogen) atoms. The van der Waals surface area contributed by atoms with Crippen molar-refractivity contribution >= 4 is 11.9 Å². The number of rotatable bonds is 5. The average molecular weight is 215 g/mol. The monoisotopic (exact) mass is 215 g/mol. The molecule has 0 saturated carbocycles. The van der Waals surface area contributed by atoms with E-state index in [2.05, 4.69) is 5.32 Å². The maximum Gasteiger partial charge on any atom is 0.407 e. The molecule has 0 aliphatic carbocycles. The van der Waals surface area contributed by atoms with E-state index in [9.17, 15) is 9.59 Å². The molecule has 1 atom stereocenters. The van der Waals surface area contributed by atoms with Gasteiger partial charge in [-0.3, -0.25) is 4.79 Å². The second-order valence-corrected chi connectivity index (χ2v) is 4.42. The minimum atomic E-state index is -0.523. The molecule has 0 heterocycles. The van der Waals surface area contributed by atoms with Crippen molar-refractivity contribution in [3.8, 4) is 0 Å². The number of Topliss-reactive ketones (excluding diaryl/α,β-unsaturated/α-hetero) is 1. The predicted molar refractivity (Wildman–Crippen MR) is 58.6 cm³/mol. The summed E-state index contributed by atoms with van der Waals surface area (Å²) >= 11 is 0. The molecule has 0 fully saturated rings. The van der Waals surface area contributed by atoms with Crippen LogP contribution in [-0.4, -0.2) is 24.5 Å². The van der Waals surface area contributed by atoms with Crippen LogP contribution in [0.3, 0.4) is 0 Å². The third-order valence-electron chi connectivity index (χ3n) is 1.88. The lowest BCUT2D eigenvalue weighted by molar-refractivity contribution is -0.123. The summed E-state index contributed by atoms with van der Waals surface area (Å²) in [6.07, 6.45) is -0.523. The summed E-state index contributed by atoms with van der Waals surface area (Å²) in [7, 11) is 0. The van der Waals surface area contributed by atoms with Crippen molar-refractivity contribution < 1.29 is 14.3 Å². The van der Waals surface area contributed by atoms with Gasteiger partial charge in [0.2, 0.25) is 0 Å². The lowest BCUT2D eigenvalue weighted by Gasteiger charge is -2.15. The maximum atomic E-state index is 11.4. The number of carbonyl (C=O) groups excluding carboxylic acids is 2. The highest BCUT2D eigenvalue weighted by molar-refractivity contribution is 5.88. The highest BCUT2D eigenvalue weighted by Gasteiger charge is 2.18. The van der Waals surface area contributed by atoms with E-state index in [0.29, 0.717) is 12.5 Å². The van der Waals surface area contributed by atoms with Gasteiger partial charge in [-0.25, -0.2) is 4.79 Å². The third-order valence-corrected chi connectivity index (χ3v) is 1.88. The van der Waals surface area contributed by atoms with Gasteiger partial charge in [0.25, 0.3) is 0 Å². The molecule has 1 amide bonds. The summed E-state index contributed by atoms with van der Waals surface area (Å²) in [5.74, 6) is 0.230. The zero-order valence-electron chi connectivity index (χ0n) is 10.2. The molecule has 0 aromatic heterocycles. The number of hydrogen-bond acceptors (Lipinski definition) is 3. The zero-order valence-corrected chi connectivity index (χ0v) is 10.2. The number of carbonyl (C=O) groups is 2. The fourth-order valence-corrected chi connectivity index (χ4v) is 1.03. The summed E-state index contributed by atoms with van der Waals surface area (Å²) in [5.41, 5.74) is 0. The van der Waals surface area contributed by atoms with Gasteiger partial charge < -0.3 is 10.1 Å². The second kappa shape index (κ2) is 6.43. The summed E-state index contributed by atoms with van der Waals surface area (Å²) in [4.78, 5) is 22.6. The van der Waals surface area contributed by atoms with Gasteiger partial charge in [0.1, 0.15) is 0 Å². The normalized spacial score (nSPS) is 12.7. The highest BCUT2D eigenvalue weighted by atomic mass is 16.5. The molecule has 0 bridgehead atoms. The fourth-order valence-electron chi connectivity index (χ4n) is 1.03. The summed E-state index contributed by atoms with van der Waals surface area (Å²) in [6.45, 7) is 9.55. The van der Waals surface area contributed by atoms with Crippen LogP contribution in [0.1, 0.15) is 34.6 Å². The number of ketones is 1. The largest absolute Gasteiger partial charge is 0.449 e. The Kier molecular flexibility index (Phi) is 5.97. The van der Waals surface area contributed by atoms with E-state index in [1.807, 2.05) is 13.8 Å². The average Bonchev–Trinajstić information content (AvgIpc) is 2.13. The molecule has 0 saturated heterocycles. The minimum absolute atomic E-state index is 0.0106. The van der Waals surface area contributed by atoms with E-state index >= 15 is 0 Å². The van der Waals surface area contributed by atoms with Crippen molar-refractivity contribution in [2.24, 2.45) is 11.8 Å². The Labute approximate surface area is 91.4 Å². The smallest absolute Gasteiger partial charge is 0.407 e. The number of alkyl carbamates (subject to hydrolysis) is 1. The molecule has 0 aromatic rings. The van der Waals surface area contributed by atoms with Crippen LogP contribution in [0.5, 0.6) is 0 Å². The number of hydrogen-bond donors (Lipinski definition) is 1. The topological polar surface area (TPSA) is 55.4 Å². The van der Waals surface area contributed by atoms with Crippen LogP contribution < -0.4 is 5.32 Å². The Morgan fingerprint density at radius 3 is 2.07 bits per heavy atom. The number of nitrogens with one attached hydrogen (secondary N) is 1. The van der Waals surface area contributed by atoms with Crippen molar-refractivity contribution in [1.82, 2.24) is 5.32 Å². The van der Waals surface area contributed by atoms with E-state index in [-0.39, 0.29) is 11.7 Å². The van der Waals surface area contributed by atoms with Crippen LogP contribution in [-0.2, 0) is 9.53 Å². The molecule has 4 nitrogen and oxygen atoms in total. The molecule has 1 N–H and O–H groups in total.